The van der Waals surface area contributed by atoms with Gasteiger partial charge in [-0.3, -0.25) is 4.79 Å². The molecule has 3 rings (SSSR count). The number of nitrogens with one attached hydrogen (secondary N) is 1. The maximum absolute atomic E-state index is 12.3. The van der Waals surface area contributed by atoms with Gasteiger partial charge in [-0.15, -0.1) is 0 Å². The van der Waals surface area contributed by atoms with Crippen molar-refractivity contribution in [3.8, 4) is 17.3 Å². The van der Waals surface area contributed by atoms with Crippen molar-refractivity contribution in [3.05, 3.63) is 41.6 Å². The largest absolute Gasteiger partial charge is 0.350 e. The van der Waals surface area contributed by atoms with Crippen molar-refractivity contribution >= 4 is 5.91 Å². The normalized spacial score (nSPS) is 11.3. The van der Waals surface area contributed by atoms with Crippen LogP contribution in [0, 0.1) is 6.92 Å². The number of amides is 1. The summed E-state index contributed by atoms with van der Waals surface area (Å²) < 4.78 is 6.96. The Morgan fingerprint density at radius 1 is 1.27 bits per heavy atom. The van der Waals surface area contributed by atoms with Gasteiger partial charge in [-0.1, -0.05) is 19.0 Å². The highest BCUT2D eigenvalue weighted by Gasteiger charge is 2.17. The van der Waals surface area contributed by atoms with Gasteiger partial charge in [0.2, 0.25) is 0 Å². The zero-order valence-corrected chi connectivity index (χ0v) is 15.5. The average molecular weight is 354 g/mol. The van der Waals surface area contributed by atoms with E-state index < -0.39 is 0 Å². The summed E-state index contributed by atoms with van der Waals surface area (Å²) in [4.78, 5) is 21.0. The molecule has 1 amide bonds. The second kappa shape index (κ2) is 7.07. The number of hydrogen-bond donors (Lipinski definition) is 1. The summed E-state index contributed by atoms with van der Waals surface area (Å²) in [6, 6.07) is 3.66. The third-order valence-electron chi connectivity index (χ3n) is 3.84. The maximum atomic E-state index is 12.3. The van der Waals surface area contributed by atoms with Crippen LogP contribution in [0.25, 0.3) is 17.3 Å². The van der Waals surface area contributed by atoms with Crippen molar-refractivity contribution in [1.29, 1.82) is 0 Å². The number of hydrogen-bond acceptors (Lipinski definition) is 6. The molecule has 0 atom stereocenters. The van der Waals surface area contributed by atoms with Gasteiger partial charge in [0.25, 0.3) is 11.8 Å². The summed E-state index contributed by atoms with van der Waals surface area (Å²) >= 11 is 0. The van der Waals surface area contributed by atoms with E-state index in [9.17, 15) is 4.79 Å². The molecule has 0 aromatic carbocycles. The van der Waals surface area contributed by atoms with E-state index in [1.54, 1.807) is 23.1 Å². The van der Waals surface area contributed by atoms with Gasteiger partial charge in [0, 0.05) is 23.7 Å². The van der Waals surface area contributed by atoms with E-state index in [2.05, 4.69) is 25.5 Å². The Bertz CT molecular complexity index is 925. The van der Waals surface area contributed by atoms with Crippen LogP contribution in [-0.4, -0.2) is 36.9 Å². The lowest BCUT2D eigenvalue weighted by Crippen LogP contribution is -2.30. The molecule has 26 heavy (non-hydrogen) atoms. The van der Waals surface area contributed by atoms with E-state index in [1.807, 2.05) is 40.7 Å². The first kappa shape index (κ1) is 17.8. The molecule has 8 heteroatoms. The molecule has 3 aromatic rings. The Balaban J connectivity index is 1.93. The molecule has 3 aromatic heterocycles. The van der Waals surface area contributed by atoms with Gasteiger partial charge in [-0.05, 0) is 32.9 Å². The fraction of sp³-hybridized carbons (Fsp3) is 0.389. The first-order chi connectivity index (χ1) is 12.4. The van der Waals surface area contributed by atoms with E-state index in [4.69, 9.17) is 4.52 Å². The summed E-state index contributed by atoms with van der Waals surface area (Å²) in [5, 5.41) is 11.2. The minimum atomic E-state index is -0.154. The van der Waals surface area contributed by atoms with Crippen LogP contribution in [0.15, 0.2) is 29.0 Å². The lowest BCUT2D eigenvalue weighted by Gasteiger charge is -2.08. The standard InChI is InChI=1S/C18H22N6O2/c1-10(2)16-22-18(26-23-16)13-6-7-19-15(8-13)24-12(5)14(9-20-24)17(25)21-11(3)4/h6-11H,1-5H3,(H,21,25). The van der Waals surface area contributed by atoms with Crippen molar-refractivity contribution in [2.24, 2.45) is 0 Å². The topological polar surface area (TPSA) is 98.7 Å². The zero-order chi connectivity index (χ0) is 18.8. The summed E-state index contributed by atoms with van der Waals surface area (Å²) in [5.74, 6) is 1.69. The number of carbonyl (C=O) groups is 1. The molecule has 1 N–H and O–H groups in total. The van der Waals surface area contributed by atoms with Crippen molar-refractivity contribution in [1.82, 2.24) is 30.2 Å². The van der Waals surface area contributed by atoms with Crippen LogP contribution in [0.2, 0.25) is 0 Å². The molecule has 0 aliphatic carbocycles. The Labute approximate surface area is 151 Å². The van der Waals surface area contributed by atoms with Crippen LogP contribution in [-0.2, 0) is 0 Å². The third kappa shape index (κ3) is 3.49. The van der Waals surface area contributed by atoms with Gasteiger partial charge < -0.3 is 9.84 Å². The SMILES string of the molecule is Cc1c(C(=O)NC(C)C)cnn1-c1cc(-c2nc(C(C)C)no2)ccn1. The van der Waals surface area contributed by atoms with Gasteiger partial charge in [0.05, 0.1) is 17.5 Å². The molecule has 0 aliphatic rings. The second-order valence-corrected chi connectivity index (χ2v) is 6.70. The lowest BCUT2D eigenvalue weighted by atomic mass is 10.2. The monoisotopic (exact) mass is 354 g/mol. The Morgan fingerprint density at radius 2 is 2.04 bits per heavy atom. The molecule has 0 unspecified atom stereocenters. The predicted octanol–water partition coefficient (Wildman–Crippen LogP) is 2.89. The molecule has 0 bridgehead atoms. The van der Waals surface area contributed by atoms with E-state index in [-0.39, 0.29) is 17.9 Å². The Kier molecular flexibility index (Phi) is 4.83. The molecular weight excluding hydrogens is 332 g/mol. The van der Waals surface area contributed by atoms with Crippen LogP contribution < -0.4 is 5.32 Å². The summed E-state index contributed by atoms with van der Waals surface area (Å²) in [6.07, 6.45) is 3.20. The minimum Gasteiger partial charge on any atom is -0.350 e. The van der Waals surface area contributed by atoms with Gasteiger partial charge >= 0.3 is 0 Å². The molecule has 0 saturated heterocycles. The maximum Gasteiger partial charge on any atom is 0.258 e. The zero-order valence-electron chi connectivity index (χ0n) is 15.5. The first-order valence-corrected chi connectivity index (χ1v) is 8.52. The van der Waals surface area contributed by atoms with Crippen molar-refractivity contribution in [2.45, 2.75) is 46.6 Å². The van der Waals surface area contributed by atoms with E-state index in [0.29, 0.717) is 28.8 Å². The molecule has 0 fully saturated rings. The second-order valence-electron chi connectivity index (χ2n) is 6.70. The van der Waals surface area contributed by atoms with Gasteiger partial charge in [-0.2, -0.15) is 10.1 Å². The Morgan fingerprint density at radius 3 is 2.69 bits per heavy atom. The highest BCUT2D eigenvalue weighted by atomic mass is 16.5. The third-order valence-corrected chi connectivity index (χ3v) is 3.84. The first-order valence-electron chi connectivity index (χ1n) is 8.52. The summed E-state index contributed by atoms with van der Waals surface area (Å²) in [6.45, 7) is 9.67. The van der Waals surface area contributed by atoms with E-state index in [1.165, 1.54) is 0 Å². The van der Waals surface area contributed by atoms with Gasteiger partial charge in [0.15, 0.2) is 11.6 Å². The summed E-state index contributed by atoms with van der Waals surface area (Å²) in [5.41, 5.74) is 1.98. The fourth-order valence-electron chi connectivity index (χ4n) is 2.46. The van der Waals surface area contributed by atoms with E-state index >= 15 is 0 Å². The van der Waals surface area contributed by atoms with Gasteiger partial charge in [-0.25, -0.2) is 9.67 Å². The smallest absolute Gasteiger partial charge is 0.258 e. The van der Waals surface area contributed by atoms with Crippen molar-refractivity contribution in [2.75, 3.05) is 0 Å². The number of nitrogens with zero attached hydrogens (tertiary/aromatic N) is 5. The quantitative estimate of drug-likeness (QED) is 0.756. The summed E-state index contributed by atoms with van der Waals surface area (Å²) in [7, 11) is 0. The molecular formula is C18H22N6O2. The molecule has 0 aliphatic heterocycles. The average Bonchev–Trinajstić information content (AvgIpc) is 3.21. The van der Waals surface area contributed by atoms with Crippen LogP contribution >= 0.6 is 0 Å². The fourth-order valence-corrected chi connectivity index (χ4v) is 2.46. The van der Waals surface area contributed by atoms with Crippen LogP contribution in [0.1, 0.15) is 55.5 Å². The van der Waals surface area contributed by atoms with Crippen molar-refractivity contribution in [3.63, 3.8) is 0 Å². The van der Waals surface area contributed by atoms with Crippen LogP contribution in [0.4, 0.5) is 0 Å². The number of carbonyl (C=O) groups excluding carboxylic acids is 1. The molecule has 0 spiro atoms. The van der Waals surface area contributed by atoms with Crippen LogP contribution in [0.5, 0.6) is 0 Å². The number of aromatic nitrogens is 5. The highest BCUT2D eigenvalue weighted by Crippen LogP contribution is 2.22. The molecule has 3 heterocycles. The number of pyridine rings is 1. The van der Waals surface area contributed by atoms with Crippen LogP contribution in [0.3, 0.4) is 0 Å². The number of rotatable bonds is 5. The van der Waals surface area contributed by atoms with E-state index in [0.717, 1.165) is 5.56 Å². The highest BCUT2D eigenvalue weighted by molar-refractivity contribution is 5.95. The van der Waals surface area contributed by atoms with Crippen molar-refractivity contribution < 1.29 is 9.32 Å². The molecule has 8 nitrogen and oxygen atoms in total. The molecule has 0 radical (unpaired) electrons. The predicted molar refractivity (Wildman–Crippen MR) is 96.1 cm³/mol. The Hall–Kier alpha value is -3.03. The minimum absolute atomic E-state index is 0.0550. The molecule has 136 valence electrons. The lowest BCUT2D eigenvalue weighted by molar-refractivity contribution is 0.0942. The molecule has 0 saturated carbocycles. The van der Waals surface area contributed by atoms with Gasteiger partial charge in [0.1, 0.15) is 0 Å².